The van der Waals surface area contributed by atoms with Gasteiger partial charge in [-0.3, -0.25) is 4.79 Å². The van der Waals surface area contributed by atoms with E-state index in [-0.39, 0.29) is 24.2 Å². The SMILES string of the molecule is CCC1(C(=O)O)CC=C(B2OC(C)(C)C(C)(C)O2)CC1C. The lowest BCUT2D eigenvalue weighted by Crippen LogP contribution is -2.41. The molecule has 4 nitrogen and oxygen atoms in total. The number of allylic oxidation sites excluding steroid dienone is 2. The van der Waals surface area contributed by atoms with Crippen LogP contribution in [0.5, 0.6) is 0 Å². The van der Waals surface area contributed by atoms with Crippen molar-refractivity contribution < 1.29 is 19.2 Å². The molecular formula is C16H27BO4. The Labute approximate surface area is 128 Å². The molecule has 0 saturated carbocycles. The van der Waals surface area contributed by atoms with Crippen molar-refractivity contribution in [3.63, 3.8) is 0 Å². The van der Waals surface area contributed by atoms with Crippen LogP contribution < -0.4 is 0 Å². The lowest BCUT2D eigenvalue weighted by atomic mass is 9.60. The van der Waals surface area contributed by atoms with Crippen LogP contribution in [-0.4, -0.2) is 29.4 Å². The minimum absolute atomic E-state index is 0.0824. The highest BCUT2D eigenvalue weighted by molar-refractivity contribution is 6.54. The van der Waals surface area contributed by atoms with E-state index in [1.165, 1.54) is 0 Å². The first kappa shape index (κ1) is 16.6. The summed E-state index contributed by atoms with van der Waals surface area (Å²) in [6.07, 6.45) is 3.95. The molecule has 21 heavy (non-hydrogen) atoms. The fourth-order valence-electron chi connectivity index (χ4n) is 3.28. The van der Waals surface area contributed by atoms with Crippen LogP contribution in [0.4, 0.5) is 0 Å². The van der Waals surface area contributed by atoms with Crippen molar-refractivity contribution in [1.82, 2.24) is 0 Å². The third-order valence-corrected chi connectivity index (χ3v) is 5.83. The molecule has 1 aliphatic carbocycles. The van der Waals surface area contributed by atoms with Gasteiger partial charge in [0.25, 0.3) is 0 Å². The molecule has 1 saturated heterocycles. The summed E-state index contributed by atoms with van der Waals surface area (Å²) in [5, 5.41) is 9.59. The Bertz CT molecular complexity index is 453. The van der Waals surface area contributed by atoms with E-state index in [4.69, 9.17) is 9.31 Å². The van der Waals surface area contributed by atoms with Gasteiger partial charge in [0.1, 0.15) is 0 Å². The maximum absolute atomic E-state index is 11.7. The quantitative estimate of drug-likeness (QED) is 0.810. The lowest BCUT2D eigenvalue weighted by Gasteiger charge is -2.38. The fourth-order valence-corrected chi connectivity index (χ4v) is 3.28. The molecule has 2 unspecified atom stereocenters. The number of carboxylic acids is 1. The molecular weight excluding hydrogens is 267 g/mol. The molecule has 1 aliphatic heterocycles. The fraction of sp³-hybridized carbons (Fsp3) is 0.812. The first-order valence-electron chi connectivity index (χ1n) is 7.84. The average molecular weight is 294 g/mol. The van der Waals surface area contributed by atoms with Gasteiger partial charge in [-0.2, -0.15) is 0 Å². The molecule has 118 valence electrons. The topological polar surface area (TPSA) is 55.8 Å². The van der Waals surface area contributed by atoms with Gasteiger partial charge >= 0.3 is 13.1 Å². The number of hydrogen-bond acceptors (Lipinski definition) is 3. The predicted octanol–water partition coefficient (Wildman–Crippen LogP) is 3.46. The second-order valence-corrected chi connectivity index (χ2v) is 7.49. The summed E-state index contributed by atoms with van der Waals surface area (Å²) in [6, 6.07) is 0. The van der Waals surface area contributed by atoms with E-state index in [2.05, 4.69) is 0 Å². The Balaban J connectivity index is 2.21. The molecule has 2 atom stereocenters. The first-order valence-corrected chi connectivity index (χ1v) is 7.84. The van der Waals surface area contributed by atoms with Gasteiger partial charge < -0.3 is 14.4 Å². The van der Waals surface area contributed by atoms with Crippen molar-refractivity contribution >= 4 is 13.1 Å². The van der Waals surface area contributed by atoms with Crippen molar-refractivity contribution in [3.05, 3.63) is 11.5 Å². The van der Waals surface area contributed by atoms with Gasteiger partial charge in [-0.05, 0) is 58.3 Å². The van der Waals surface area contributed by atoms with Crippen LogP contribution in [-0.2, 0) is 14.1 Å². The molecule has 0 aromatic carbocycles. The number of rotatable bonds is 3. The van der Waals surface area contributed by atoms with E-state index in [1.54, 1.807) is 0 Å². The highest BCUT2D eigenvalue weighted by Crippen LogP contribution is 2.46. The average Bonchev–Trinajstić information content (AvgIpc) is 2.58. The first-order chi connectivity index (χ1) is 9.56. The molecule has 0 aromatic rings. The third-order valence-electron chi connectivity index (χ3n) is 5.83. The van der Waals surface area contributed by atoms with Crippen molar-refractivity contribution in [3.8, 4) is 0 Å². The predicted molar refractivity (Wildman–Crippen MR) is 82.9 cm³/mol. The zero-order valence-electron chi connectivity index (χ0n) is 14.0. The Kier molecular flexibility index (Phi) is 4.05. The largest absolute Gasteiger partial charge is 0.490 e. The van der Waals surface area contributed by atoms with E-state index in [9.17, 15) is 9.90 Å². The number of aliphatic carboxylic acids is 1. The molecule has 2 aliphatic rings. The molecule has 1 fully saturated rings. The zero-order valence-corrected chi connectivity index (χ0v) is 14.0. The summed E-state index contributed by atoms with van der Waals surface area (Å²) in [5.74, 6) is -0.610. The van der Waals surface area contributed by atoms with Crippen molar-refractivity contribution in [2.75, 3.05) is 0 Å². The van der Waals surface area contributed by atoms with Gasteiger partial charge in [0.05, 0.1) is 16.6 Å². The van der Waals surface area contributed by atoms with E-state index < -0.39 is 11.4 Å². The summed E-state index contributed by atoms with van der Waals surface area (Å²) in [5.41, 5.74) is -0.263. The Hall–Kier alpha value is -0.805. The second kappa shape index (κ2) is 5.13. The maximum Gasteiger partial charge on any atom is 0.490 e. The standard InChI is InChI=1S/C16H27BO4/c1-7-16(13(18)19)9-8-12(10-11(16)2)17-20-14(3,4)15(5,6)21-17/h8,11H,7,9-10H2,1-6H3,(H,18,19). The monoisotopic (exact) mass is 294 g/mol. The lowest BCUT2D eigenvalue weighted by molar-refractivity contribution is -0.152. The summed E-state index contributed by atoms with van der Waals surface area (Å²) in [6.45, 7) is 12.1. The smallest absolute Gasteiger partial charge is 0.481 e. The van der Waals surface area contributed by atoms with Gasteiger partial charge in [0.15, 0.2) is 0 Å². The molecule has 0 spiro atoms. The van der Waals surface area contributed by atoms with Crippen LogP contribution in [0.15, 0.2) is 11.5 Å². The van der Waals surface area contributed by atoms with Gasteiger partial charge in [-0.15, -0.1) is 0 Å². The van der Waals surface area contributed by atoms with Crippen molar-refractivity contribution in [2.24, 2.45) is 11.3 Å². The Morgan fingerprint density at radius 2 is 1.86 bits per heavy atom. The van der Waals surface area contributed by atoms with Gasteiger partial charge in [-0.25, -0.2) is 0 Å². The van der Waals surface area contributed by atoms with E-state index in [0.29, 0.717) is 12.8 Å². The summed E-state index contributed by atoms with van der Waals surface area (Å²) in [7, 11) is -0.346. The highest BCUT2D eigenvalue weighted by Gasteiger charge is 2.54. The van der Waals surface area contributed by atoms with Crippen LogP contribution >= 0.6 is 0 Å². The number of hydrogen-bond donors (Lipinski definition) is 1. The third kappa shape index (κ3) is 2.55. The Morgan fingerprint density at radius 3 is 2.24 bits per heavy atom. The van der Waals surface area contributed by atoms with Gasteiger partial charge in [0.2, 0.25) is 0 Å². The minimum atomic E-state index is -0.693. The number of carboxylic acid groups (broad SMARTS) is 1. The molecule has 0 bridgehead atoms. The summed E-state index contributed by atoms with van der Waals surface area (Å²) >= 11 is 0. The van der Waals surface area contributed by atoms with Crippen LogP contribution in [0.3, 0.4) is 0 Å². The van der Waals surface area contributed by atoms with Crippen LogP contribution in [0, 0.1) is 11.3 Å². The van der Waals surface area contributed by atoms with E-state index >= 15 is 0 Å². The Morgan fingerprint density at radius 1 is 1.33 bits per heavy atom. The molecule has 0 amide bonds. The van der Waals surface area contributed by atoms with Crippen LogP contribution in [0.2, 0.25) is 0 Å². The molecule has 1 heterocycles. The molecule has 0 aromatic heterocycles. The normalized spacial score (nSPS) is 34.7. The molecule has 2 rings (SSSR count). The number of carbonyl (C=O) groups is 1. The van der Waals surface area contributed by atoms with E-state index in [1.807, 2.05) is 47.6 Å². The zero-order chi connectivity index (χ0) is 16.1. The maximum atomic E-state index is 11.7. The molecule has 5 heteroatoms. The van der Waals surface area contributed by atoms with Gasteiger partial charge in [0, 0.05) is 0 Å². The van der Waals surface area contributed by atoms with E-state index in [0.717, 1.165) is 11.9 Å². The van der Waals surface area contributed by atoms with Crippen LogP contribution in [0.1, 0.15) is 60.8 Å². The van der Waals surface area contributed by atoms with Crippen molar-refractivity contribution in [1.29, 1.82) is 0 Å². The summed E-state index contributed by atoms with van der Waals surface area (Å²) in [4.78, 5) is 11.7. The van der Waals surface area contributed by atoms with Crippen LogP contribution in [0.25, 0.3) is 0 Å². The molecule has 0 radical (unpaired) electrons. The highest BCUT2D eigenvalue weighted by atomic mass is 16.7. The van der Waals surface area contributed by atoms with Crippen molar-refractivity contribution in [2.45, 2.75) is 72.0 Å². The summed E-state index contributed by atoms with van der Waals surface area (Å²) < 4.78 is 12.2. The van der Waals surface area contributed by atoms with Gasteiger partial charge in [-0.1, -0.05) is 19.9 Å². The molecule has 1 N–H and O–H groups in total. The minimum Gasteiger partial charge on any atom is -0.481 e. The second-order valence-electron chi connectivity index (χ2n) is 7.49.